The van der Waals surface area contributed by atoms with Gasteiger partial charge in [-0.3, -0.25) is 4.79 Å². The van der Waals surface area contributed by atoms with E-state index in [2.05, 4.69) is 5.32 Å². The third-order valence-corrected chi connectivity index (χ3v) is 2.22. The molecule has 1 amide bonds. The Bertz CT molecular complexity index is 143. The molecule has 0 spiro atoms. The maximum atomic E-state index is 11.2. The summed E-state index contributed by atoms with van der Waals surface area (Å²) in [6.07, 6.45) is 3.32. The smallest absolute Gasteiger partial charge is 0.223 e. The highest BCUT2D eigenvalue weighted by molar-refractivity contribution is 5.79. The van der Waals surface area contributed by atoms with E-state index < -0.39 is 0 Å². The van der Waals surface area contributed by atoms with E-state index in [4.69, 9.17) is 5.73 Å². The molecule has 1 aliphatic carbocycles. The second-order valence-electron chi connectivity index (χ2n) is 3.27. The van der Waals surface area contributed by atoms with Gasteiger partial charge in [-0.25, -0.2) is 0 Å². The minimum absolute atomic E-state index is 0.128. The third-order valence-electron chi connectivity index (χ3n) is 2.22. The average Bonchev–Trinajstić information content (AvgIpc) is 1.83. The highest BCUT2D eigenvalue weighted by atomic mass is 16.1. The van der Waals surface area contributed by atoms with E-state index in [1.807, 2.05) is 6.92 Å². The van der Waals surface area contributed by atoms with Crippen LogP contribution >= 0.6 is 0 Å². The number of amides is 1. The molecular weight excluding hydrogens is 140 g/mol. The van der Waals surface area contributed by atoms with Gasteiger partial charge in [0.15, 0.2) is 0 Å². The number of hydrogen-bond donors (Lipinski definition) is 2. The number of carbonyl (C=O) groups is 1. The molecule has 3 N–H and O–H groups in total. The lowest BCUT2D eigenvalue weighted by atomic mass is 9.84. The highest BCUT2D eigenvalue weighted by Gasteiger charge is 2.25. The summed E-state index contributed by atoms with van der Waals surface area (Å²) in [5.74, 6) is 0.471. The predicted molar refractivity (Wildman–Crippen MR) is 44.0 cm³/mol. The van der Waals surface area contributed by atoms with Gasteiger partial charge in [-0.15, -0.1) is 0 Å². The van der Waals surface area contributed by atoms with E-state index in [1.165, 1.54) is 6.42 Å². The highest BCUT2D eigenvalue weighted by Crippen LogP contribution is 2.26. The Kier molecular flexibility index (Phi) is 2.88. The van der Waals surface area contributed by atoms with Gasteiger partial charge in [0.1, 0.15) is 0 Å². The maximum absolute atomic E-state index is 11.2. The van der Waals surface area contributed by atoms with Crippen LogP contribution in [0.4, 0.5) is 0 Å². The molecule has 1 fully saturated rings. The lowest BCUT2D eigenvalue weighted by molar-refractivity contribution is -0.127. The number of carbonyl (C=O) groups excluding carboxylic acids is 1. The molecule has 0 bridgehead atoms. The van der Waals surface area contributed by atoms with Gasteiger partial charge in [0.2, 0.25) is 5.91 Å². The molecule has 0 aromatic rings. The van der Waals surface area contributed by atoms with Crippen LogP contribution in [-0.4, -0.2) is 18.5 Å². The summed E-state index contributed by atoms with van der Waals surface area (Å²) in [6, 6.07) is 0.128. The van der Waals surface area contributed by atoms with Crippen LogP contribution in [-0.2, 0) is 4.79 Å². The molecule has 0 saturated heterocycles. The minimum atomic E-state index is 0.128. The second-order valence-corrected chi connectivity index (χ2v) is 3.27. The van der Waals surface area contributed by atoms with Crippen LogP contribution in [0.1, 0.15) is 26.2 Å². The van der Waals surface area contributed by atoms with Gasteiger partial charge in [0, 0.05) is 18.5 Å². The number of hydrogen-bond acceptors (Lipinski definition) is 2. The van der Waals surface area contributed by atoms with E-state index in [-0.39, 0.29) is 17.9 Å². The molecular formula is C8H16N2O. The Morgan fingerprint density at radius 3 is 2.73 bits per heavy atom. The molecule has 0 heterocycles. The SMILES string of the molecule is C[C@H](CN)NC(=O)C1CCC1. The van der Waals surface area contributed by atoms with Crippen molar-refractivity contribution in [1.82, 2.24) is 5.32 Å². The fourth-order valence-corrected chi connectivity index (χ4v) is 1.09. The van der Waals surface area contributed by atoms with Gasteiger partial charge < -0.3 is 11.1 Å². The molecule has 1 rings (SSSR count). The van der Waals surface area contributed by atoms with E-state index in [0.717, 1.165) is 12.8 Å². The Morgan fingerprint density at radius 1 is 1.73 bits per heavy atom. The average molecular weight is 156 g/mol. The molecule has 1 aliphatic rings. The molecule has 0 aliphatic heterocycles. The number of rotatable bonds is 3. The van der Waals surface area contributed by atoms with Crippen molar-refractivity contribution < 1.29 is 4.79 Å². The van der Waals surface area contributed by atoms with E-state index in [9.17, 15) is 4.79 Å². The van der Waals surface area contributed by atoms with Gasteiger partial charge in [-0.05, 0) is 19.8 Å². The molecule has 64 valence electrons. The fraction of sp³-hybridized carbons (Fsp3) is 0.875. The first-order chi connectivity index (χ1) is 5.24. The van der Waals surface area contributed by atoms with Crippen molar-refractivity contribution in [3.05, 3.63) is 0 Å². The van der Waals surface area contributed by atoms with E-state index in [1.54, 1.807) is 0 Å². The van der Waals surface area contributed by atoms with Crippen molar-refractivity contribution in [3.63, 3.8) is 0 Å². The lowest BCUT2D eigenvalue weighted by Crippen LogP contribution is -2.42. The largest absolute Gasteiger partial charge is 0.352 e. The van der Waals surface area contributed by atoms with Crippen molar-refractivity contribution in [2.24, 2.45) is 11.7 Å². The molecule has 0 aromatic heterocycles. The zero-order valence-electron chi connectivity index (χ0n) is 6.97. The number of nitrogens with two attached hydrogens (primary N) is 1. The normalized spacial score (nSPS) is 20.5. The monoisotopic (exact) mass is 156 g/mol. The molecule has 11 heavy (non-hydrogen) atoms. The first-order valence-electron chi connectivity index (χ1n) is 4.24. The summed E-state index contributed by atoms with van der Waals surface area (Å²) in [5, 5.41) is 2.87. The second kappa shape index (κ2) is 3.72. The molecule has 0 unspecified atom stereocenters. The molecule has 1 atom stereocenters. The van der Waals surface area contributed by atoms with Gasteiger partial charge in [0.25, 0.3) is 0 Å². The van der Waals surface area contributed by atoms with Gasteiger partial charge in [-0.2, -0.15) is 0 Å². The standard InChI is InChI=1S/C8H16N2O/c1-6(5-9)10-8(11)7-3-2-4-7/h6-7H,2-5,9H2,1H3,(H,10,11)/t6-/m1/s1. The van der Waals surface area contributed by atoms with E-state index in [0.29, 0.717) is 6.54 Å². The van der Waals surface area contributed by atoms with Crippen LogP contribution in [0.15, 0.2) is 0 Å². The first-order valence-corrected chi connectivity index (χ1v) is 4.24. The zero-order valence-corrected chi connectivity index (χ0v) is 6.97. The van der Waals surface area contributed by atoms with Crippen LogP contribution in [0.25, 0.3) is 0 Å². The van der Waals surface area contributed by atoms with Crippen LogP contribution in [0.5, 0.6) is 0 Å². The van der Waals surface area contributed by atoms with Crippen LogP contribution in [0.3, 0.4) is 0 Å². The molecule has 1 saturated carbocycles. The van der Waals surface area contributed by atoms with Crippen LogP contribution < -0.4 is 11.1 Å². The molecule has 3 heteroatoms. The van der Waals surface area contributed by atoms with Crippen molar-refractivity contribution in [3.8, 4) is 0 Å². The Balaban J connectivity index is 2.19. The van der Waals surface area contributed by atoms with Crippen LogP contribution in [0, 0.1) is 5.92 Å². The number of nitrogens with one attached hydrogen (secondary N) is 1. The summed E-state index contributed by atoms with van der Waals surface area (Å²) < 4.78 is 0. The zero-order chi connectivity index (χ0) is 8.27. The fourth-order valence-electron chi connectivity index (χ4n) is 1.09. The van der Waals surface area contributed by atoms with Crippen molar-refractivity contribution in [2.45, 2.75) is 32.2 Å². The Labute approximate surface area is 67.3 Å². The van der Waals surface area contributed by atoms with Gasteiger partial charge in [0.05, 0.1) is 0 Å². The summed E-state index contributed by atoms with van der Waals surface area (Å²) in [5.41, 5.74) is 5.37. The van der Waals surface area contributed by atoms with E-state index >= 15 is 0 Å². The van der Waals surface area contributed by atoms with Crippen molar-refractivity contribution >= 4 is 5.91 Å². The van der Waals surface area contributed by atoms with Crippen molar-refractivity contribution in [1.29, 1.82) is 0 Å². The van der Waals surface area contributed by atoms with Gasteiger partial charge >= 0.3 is 0 Å². The van der Waals surface area contributed by atoms with Gasteiger partial charge in [-0.1, -0.05) is 6.42 Å². The predicted octanol–water partition coefficient (Wildman–Crippen LogP) is 0.250. The van der Waals surface area contributed by atoms with Crippen LogP contribution in [0.2, 0.25) is 0 Å². The maximum Gasteiger partial charge on any atom is 0.223 e. The summed E-state index contributed by atoms with van der Waals surface area (Å²) in [7, 11) is 0. The van der Waals surface area contributed by atoms with Crippen molar-refractivity contribution in [2.75, 3.05) is 6.54 Å². The topological polar surface area (TPSA) is 55.1 Å². The summed E-state index contributed by atoms with van der Waals surface area (Å²) in [6.45, 7) is 2.45. The molecule has 0 radical (unpaired) electrons. The molecule has 3 nitrogen and oxygen atoms in total. The minimum Gasteiger partial charge on any atom is -0.352 e. The lowest BCUT2D eigenvalue weighted by Gasteiger charge is -2.25. The summed E-state index contributed by atoms with van der Waals surface area (Å²) in [4.78, 5) is 11.2. The quantitative estimate of drug-likeness (QED) is 0.615. The molecule has 0 aromatic carbocycles. The first kappa shape index (κ1) is 8.53. The Hall–Kier alpha value is -0.570. The third kappa shape index (κ3) is 2.19. The Morgan fingerprint density at radius 2 is 2.36 bits per heavy atom. The summed E-state index contributed by atoms with van der Waals surface area (Å²) >= 11 is 0.